The molecule has 0 aliphatic carbocycles. The highest BCUT2D eigenvalue weighted by molar-refractivity contribution is 7.78. The summed E-state index contributed by atoms with van der Waals surface area (Å²) in [6, 6.07) is 3.64. The van der Waals surface area contributed by atoms with Crippen molar-refractivity contribution in [3.63, 3.8) is 0 Å². The second-order valence-corrected chi connectivity index (χ2v) is 4.94. The van der Waals surface area contributed by atoms with Gasteiger partial charge in [-0.15, -0.1) is 12.4 Å². The maximum absolute atomic E-state index is 11.6. The third-order valence-corrected chi connectivity index (χ3v) is 3.41. The average molecular weight is 330 g/mol. The number of urea groups is 1. The van der Waals surface area contributed by atoms with E-state index in [-0.39, 0.29) is 18.4 Å². The summed E-state index contributed by atoms with van der Waals surface area (Å²) in [5.41, 5.74) is 3.94. The summed E-state index contributed by atoms with van der Waals surface area (Å²) in [5.74, 6) is 0.797. The van der Waals surface area contributed by atoms with Gasteiger partial charge in [0.15, 0.2) is 5.96 Å². The molecule has 2 rings (SSSR count). The number of thiol groups is 1. The first-order chi connectivity index (χ1) is 9.52. The Bertz CT molecular complexity index is 540. The molecule has 1 aromatic rings. The molecule has 0 aromatic heterocycles. The Morgan fingerprint density at radius 3 is 2.48 bits per heavy atom. The molecule has 21 heavy (non-hydrogen) atoms. The van der Waals surface area contributed by atoms with Gasteiger partial charge in [-0.05, 0) is 37.1 Å². The summed E-state index contributed by atoms with van der Waals surface area (Å²) < 4.78 is 2.31. The topological polar surface area (TPSA) is 68.8 Å². The van der Waals surface area contributed by atoms with Crippen molar-refractivity contribution in [3.05, 3.63) is 23.3 Å². The molecule has 0 radical (unpaired) electrons. The smallest absolute Gasteiger partial charge is 0.331 e. The van der Waals surface area contributed by atoms with E-state index in [2.05, 4.69) is 33.2 Å². The number of hydrogen-bond acceptors (Lipinski definition) is 5. The lowest BCUT2D eigenvalue weighted by molar-refractivity contribution is 0.253. The second kappa shape index (κ2) is 7.42. The van der Waals surface area contributed by atoms with Crippen LogP contribution in [0.5, 0.6) is 0 Å². The van der Waals surface area contributed by atoms with Gasteiger partial charge in [0.1, 0.15) is 0 Å². The molecule has 0 atom stereocenters. The fourth-order valence-corrected chi connectivity index (χ4v) is 2.27. The van der Waals surface area contributed by atoms with Crippen LogP contribution < -0.4 is 20.3 Å². The van der Waals surface area contributed by atoms with Crippen molar-refractivity contribution < 1.29 is 4.79 Å². The molecule has 116 valence electrons. The monoisotopic (exact) mass is 329 g/mol. The lowest BCUT2D eigenvalue weighted by Gasteiger charge is -2.20. The number of benzene rings is 1. The van der Waals surface area contributed by atoms with Crippen LogP contribution in [-0.2, 0) is 0 Å². The lowest BCUT2D eigenvalue weighted by atomic mass is 10.1. The summed E-state index contributed by atoms with van der Waals surface area (Å²) in [6.45, 7) is 5.66. The zero-order chi connectivity index (χ0) is 14.7. The van der Waals surface area contributed by atoms with Crippen LogP contribution in [0.1, 0.15) is 11.1 Å². The van der Waals surface area contributed by atoms with Crippen LogP contribution >= 0.6 is 25.2 Å². The standard InChI is InChI=1S/C13H19N5OS.ClH/c1-8-6-10(18(3)13(19)17-20)7-9(2)11(8)16-12-14-4-5-15-12;/h6-7,20H,4-5H2,1-3H3,(H,17,19)(H2,14,15,16);1H. The van der Waals surface area contributed by atoms with Gasteiger partial charge in [0.2, 0.25) is 0 Å². The largest absolute Gasteiger partial charge is 0.354 e. The van der Waals surface area contributed by atoms with Crippen LogP contribution in [-0.4, -0.2) is 32.1 Å². The summed E-state index contributed by atoms with van der Waals surface area (Å²) in [4.78, 5) is 17.4. The molecule has 6 nitrogen and oxygen atoms in total. The van der Waals surface area contributed by atoms with Crippen molar-refractivity contribution in [2.75, 3.05) is 30.4 Å². The number of guanidine groups is 1. The molecule has 0 unspecified atom stereocenters. The number of nitrogens with one attached hydrogen (secondary N) is 3. The predicted molar refractivity (Wildman–Crippen MR) is 93.0 cm³/mol. The Kier molecular flexibility index (Phi) is 6.17. The molecule has 0 saturated carbocycles. The van der Waals surface area contributed by atoms with Gasteiger partial charge in [-0.25, -0.2) is 4.79 Å². The number of rotatable bonds is 2. The van der Waals surface area contributed by atoms with Crippen LogP contribution in [0, 0.1) is 13.8 Å². The van der Waals surface area contributed by atoms with Gasteiger partial charge in [-0.3, -0.25) is 14.6 Å². The fourth-order valence-electron chi connectivity index (χ4n) is 2.12. The Hall–Kier alpha value is -1.60. The average Bonchev–Trinajstić information content (AvgIpc) is 2.93. The van der Waals surface area contributed by atoms with Crippen molar-refractivity contribution in [1.82, 2.24) is 10.0 Å². The number of aliphatic imine (C=N–C) groups is 1. The highest BCUT2D eigenvalue weighted by atomic mass is 35.5. The molecule has 1 aliphatic rings. The van der Waals surface area contributed by atoms with E-state index in [0.717, 1.165) is 41.6 Å². The number of nitrogens with zero attached hydrogens (tertiary/aromatic N) is 2. The van der Waals surface area contributed by atoms with Gasteiger partial charge in [0.25, 0.3) is 0 Å². The van der Waals surface area contributed by atoms with Crippen molar-refractivity contribution in [2.24, 2.45) is 4.99 Å². The summed E-state index contributed by atoms with van der Waals surface area (Å²) in [6.07, 6.45) is 0. The predicted octanol–water partition coefficient (Wildman–Crippen LogP) is 2.09. The van der Waals surface area contributed by atoms with E-state index >= 15 is 0 Å². The van der Waals surface area contributed by atoms with E-state index in [4.69, 9.17) is 0 Å². The zero-order valence-corrected chi connectivity index (χ0v) is 13.9. The van der Waals surface area contributed by atoms with Crippen molar-refractivity contribution in [1.29, 1.82) is 0 Å². The van der Waals surface area contributed by atoms with E-state index < -0.39 is 0 Å². The summed E-state index contributed by atoms with van der Waals surface area (Å²) >= 11 is 3.78. The molecule has 2 amide bonds. The van der Waals surface area contributed by atoms with Crippen LogP contribution in [0.3, 0.4) is 0 Å². The minimum absolute atomic E-state index is 0. The molecule has 1 heterocycles. The van der Waals surface area contributed by atoms with Gasteiger partial charge >= 0.3 is 6.03 Å². The van der Waals surface area contributed by atoms with E-state index in [1.165, 1.54) is 4.90 Å². The number of halogens is 1. The molecular weight excluding hydrogens is 310 g/mol. The van der Waals surface area contributed by atoms with E-state index in [0.29, 0.717) is 0 Å². The Morgan fingerprint density at radius 1 is 1.38 bits per heavy atom. The number of aryl methyl sites for hydroxylation is 2. The SMILES string of the molecule is Cc1cc(N(C)C(=O)NS)cc(C)c1NC1=NCCN1.Cl. The maximum atomic E-state index is 11.6. The molecule has 0 saturated heterocycles. The molecule has 1 aliphatic heterocycles. The molecule has 1 aromatic carbocycles. The first-order valence-corrected chi connectivity index (χ1v) is 6.82. The number of amides is 2. The second-order valence-electron chi connectivity index (χ2n) is 4.71. The first kappa shape index (κ1) is 17.5. The maximum Gasteiger partial charge on any atom is 0.331 e. The van der Waals surface area contributed by atoms with Gasteiger partial charge < -0.3 is 10.6 Å². The fraction of sp³-hybridized carbons (Fsp3) is 0.385. The van der Waals surface area contributed by atoms with E-state index in [1.54, 1.807) is 7.05 Å². The van der Waals surface area contributed by atoms with Gasteiger partial charge in [-0.2, -0.15) is 0 Å². The normalized spacial score (nSPS) is 12.9. The quantitative estimate of drug-likeness (QED) is 0.628. The third kappa shape index (κ3) is 3.95. The Morgan fingerprint density at radius 2 is 2.00 bits per heavy atom. The number of carbonyl (C=O) groups excluding carboxylic acids is 1. The summed E-state index contributed by atoms with van der Waals surface area (Å²) in [7, 11) is 1.70. The number of anilines is 2. The van der Waals surface area contributed by atoms with Gasteiger partial charge in [0, 0.05) is 25.0 Å². The molecular formula is C13H20ClN5OS. The molecule has 0 spiro atoms. The molecule has 0 fully saturated rings. The first-order valence-electron chi connectivity index (χ1n) is 6.37. The van der Waals surface area contributed by atoms with Gasteiger partial charge in [-0.1, -0.05) is 12.8 Å². The van der Waals surface area contributed by atoms with E-state index in [1.807, 2.05) is 26.0 Å². The van der Waals surface area contributed by atoms with Crippen molar-refractivity contribution in [3.8, 4) is 0 Å². The van der Waals surface area contributed by atoms with Crippen LogP contribution in [0.4, 0.5) is 16.2 Å². The highest BCUT2D eigenvalue weighted by Crippen LogP contribution is 2.27. The van der Waals surface area contributed by atoms with Crippen LogP contribution in [0.25, 0.3) is 0 Å². The summed E-state index contributed by atoms with van der Waals surface area (Å²) in [5, 5.41) is 6.47. The lowest BCUT2D eigenvalue weighted by Crippen LogP contribution is -2.32. The highest BCUT2D eigenvalue weighted by Gasteiger charge is 2.14. The minimum atomic E-state index is -0.269. The Labute approximate surface area is 136 Å². The van der Waals surface area contributed by atoms with Crippen molar-refractivity contribution >= 4 is 48.6 Å². The van der Waals surface area contributed by atoms with Gasteiger partial charge in [0.05, 0.1) is 6.54 Å². The molecule has 0 bridgehead atoms. The van der Waals surface area contributed by atoms with E-state index in [9.17, 15) is 4.79 Å². The van der Waals surface area contributed by atoms with Crippen LogP contribution in [0.15, 0.2) is 17.1 Å². The molecule has 3 N–H and O–H groups in total. The van der Waals surface area contributed by atoms with Crippen LogP contribution in [0.2, 0.25) is 0 Å². The number of carbonyl (C=O) groups is 1. The van der Waals surface area contributed by atoms with Crippen molar-refractivity contribution in [2.45, 2.75) is 13.8 Å². The number of hydrogen-bond donors (Lipinski definition) is 4. The third-order valence-electron chi connectivity index (χ3n) is 3.22. The Balaban J connectivity index is 0.00000220. The zero-order valence-electron chi connectivity index (χ0n) is 12.2. The molecule has 8 heteroatoms. The minimum Gasteiger partial charge on any atom is -0.354 e.